The predicted octanol–water partition coefficient (Wildman–Crippen LogP) is 0.0932. The van der Waals surface area contributed by atoms with Gasteiger partial charge in [-0.2, -0.15) is 0 Å². The lowest BCUT2D eigenvalue weighted by Gasteiger charge is -2.15. The fourth-order valence-corrected chi connectivity index (χ4v) is 1.06. The Bertz CT molecular complexity index is 206. The van der Waals surface area contributed by atoms with Gasteiger partial charge in [0.2, 0.25) is 5.91 Å². The SMILES string of the molecule is CCC[C@H](N)C(=O)N[C@H](CC)C(=O)O. The molecule has 0 aliphatic heterocycles. The van der Waals surface area contributed by atoms with Crippen LogP contribution in [0, 0.1) is 0 Å². The number of carbonyl (C=O) groups is 2. The molecule has 0 aromatic rings. The van der Waals surface area contributed by atoms with E-state index in [0.29, 0.717) is 12.8 Å². The number of carboxylic acids is 1. The summed E-state index contributed by atoms with van der Waals surface area (Å²) in [6.45, 7) is 3.62. The van der Waals surface area contributed by atoms with Crippen molar-refractivity contribution >= 4 is 11.9 Å². The molecule has 0 aromatic carbocycles. The van der Waals surface area contributed by atoms with Crippen molar-refractivity contribution in [3.05, 3.63) is 0 Å². The predicted molar refractivity (Wildman–Crippen MR) is 52.7 cm³/mol. The Morgan fingerprint density at radius 3 is 2.36 bits per heavy atom. The van der Waals surface area contributed by atoms with Gasteiger partial charge in [-0.15, -0.1) is 0 Å². The molecule has 1 amide bonds. The third-order valence-corrected chi connectivity index (χ3v) is 1.96. The lowest BCUT2D eigenvalue weighted by atomic mass is 10.1. The summed E-state index contributed by atoms with van der Waals surface area (Å²) in [5.41, 5.74) is 5.53. The molecule has 2 atom stereocenters. The van der Waals surface area contributed by atoms with Crippen LogP contribution in [0.1, 0.15) is 33.1 Å². The average molecular weight is 202 g/mol. The van der Waals surface area contributed by atoms with E-state index in [1.165, 1.54) is 0 Å². The molecule has 0 saturated heterocycles. The molecule has 82 valence electrons. The van der Waals surface area contributed by atoms with Crippen molar-refractivity contribution in [3.8, 4) is 0 Å². The zero-order valence-corrected chi connectivity index (χ0v) is 8.62. The van der Waals surface area contributed by atoms with Gasteiger partial charge in [-0.3, -0.25) is 4.79 Å². The minimum absolute atomic E-state index is 0.361. The van der Waals surface area contributed by atoms with Crippen molar-refractivity contribution in [2.24, 2.45) is 5.73 Å². The smallest absolute Gasteiger partial charge is 0.326 e. The molecule has 14 heavy (non-hydrogen) atoms. The van der Waals surface area contributed by atoms with Gasteiger partial charge in [0.15, 0.2) is 0 Å². The fourth-order valence-electron chi connectivity index (χ4n) is 1.06. The van der Waals surface area contributed by atoms with Crippen molar-refractivity contribution in [2.45, 2.75) is 45.2 Å². The second-order valence-corrected chi connectivity index (χ2v) is 3.20. The summed E-state index contributed by atoms with van der Waals surface area (Å²) in [5, 5.41) is 11.1. The summed E-state index contributed by atoms with van der Waals surface area (Å²) in [7, 11) is 0. The van der Waals surface area contributed by atoms with Gasteiger partial charge in [0.05, 0.1) is 6.04 Å². The first-order chi connectivity index (χ1) is 6.52. The first-order valence-corrected chi connectivity index (χ1v) is 4.81. The Morgan fingerprint density at radius 2 is 2.00 bits per heavy atom. The molecule has 0 radical (unpaired) electrons. The quantitative estimate of drug-likeness (QED) is 0.569. The van der Waals surface area contributed by atoms with Crippen molar-refractivity contribution < 1.29 is 14.7 Å². The standard InChI is InChI=1S/C9H18N2O3/c1-3-5-6(10)8(12)11-7(4-2)9(13)14/h6-7H,3-5,10H2,1-2H3,(H,11,12)(H,13,14)/t6-,7+/m0/s1. The van der Waals surface area contributed by atoms with Gasteiger partial charge in [-0.05, 0) is 12.8 Å². The van der Waals surface area contributed by atoms with E-state index in [1.54, 1.807) is 6.92 Å². The van der Waals surface area contributed by atoms with E-state index in [1.807, 2.05) is 6.92 Å². The summed E-state index contributed by atoms with van der Waals surface area (Å²) in [6, 6.07) is -1.43. The molecule has 0 rings (SSSR count). The van der Waals surface area contributed by atoms with Gasteiger partial charge in [0.25, 0.3) is 0 Å². The number of amides is 1. The van der Waals surface area contributed by atoms with Crippen LogP contribution in [0.2, 0.25) is 0 Å². The Morgan fingerprint density at radius 1 is 1.43 bits per heavy atom. The van der Waals surface area contributed by atoms with Crippen molar-refractivity contribution in [1.82, 2.24) is 5.32 Å². The number of carbonyl (C=O) groups excluding carboxylic acids is 1. The summed E-state index contributed by atoms with van der Waals surface area (Å²) in [5.74, 6) is -1.41. The highest BCUT2D eigenvalue weighted by Crippen LogP contribution is 1.96. The Hall–Kier alpha value is -1.10. The van der Waals surface area contributed by atoms with Gasteiger partial charge in [-0.1, -0.05) is 20.3 Å². The second kappa shape index (κ2) is 6.37. The molecule has 5 nitrogen and oxygen atoms in total. The minimum atomic E-state index is -1.02. The number of rotatable bonds is 6. The monoisotopic (exact) mass is 202 g/mol. The van der Waals surface area contributed by atoms with Gasteiger partial charge in [-0.25, -0.2) is 4.79 Å². The van der Waals surface area contributed by atoms with E-state index in [-0.39, 0.29) is 5.91 Å². The molecule has 5 heteroatoms. The highest BCUT2D eigenvalue weighted by Gasteiger charge is 2.20. The van der Waals surface area contributed by atoms with Gasteiger partial charge >= 0.3 is 5.97 Å². The molecule has 0 aliphatic carbocycles. The third kappa shape index (κ3) is 4.23. The Labute approximate surface area is 83.7 Å². The zero-order valence-electron chi connectivity index (χ0n) is 8.62. The third-order valence-electron chi connectivity index (χ3n) is 1.96. The van der Waals surface area contributed by atoms with Crippen LogP contribution in [-0.2, 0) is 9.59 Å². The second-order valence-electron chi connectivity index (χ2n) is 3.20. The maximum atomic E-state index is 11.3. The lowest BCUT2D eigenvalue weighted by molar-refractivity contribution is -0.142. The fraction of sp³-hybridized carbons (Fsp3) is 0.778. The van der Waals surface area contributed by atoms with Crippen molar-refractivity contribution in [2.75, 3.05) is 0 Å². The van der Waals surface area contributed by atoms with Crippen LogP contribution in [0.5, 0.6) is 0 Å². The molecule has 0 aliphatic rings. The molecular weight excluding hydrogens is 184 g/mol. The summed E-state index contributed by atoms with van der Waals surface area (Å²) in [6.07, 6.45) is 1.74. The molecule has 0 spiro atoms. The minimum Gasteiger partial charge on any atom is -0.480 e. The van der Waals surface area contributed by atoms with E-state index in [2.05, 4.69) is 5.32 Å². The zero-order chi connectivity index (χ0) is 11.1. The van der Waals surface area contributed by atoms with E-state index in [0.717, 1.165) is 6.42 Å². The molecule has 4 N–H and O–H groups in total. The van der Waals surface area contributed by atoms with E-state index >= 15 is 0 Å². The number of hydrogen-bond acceptors (Lipinski definition) is 3. The average Bonchev–Trinajstić information content (AvgIpc) is 2.13. The molecule has 0 saturated carbocycles. The van der Waals surface area contributed by atoms with E-state index < -0.39 is 18.1 Å². The Kier molecular flexibility index (Phi) is 5.87. The highest BCUT2D eigenvalue weighted by molar-refractivity contribution is 5.86. The maximum absolute atomic E-state index is 11.3. The summed E-state index contributed by atoms with van der Waals surface area (Å²) >= 11 is 0. The number of carboxylic acid groups (broad SMARTS) is 1. The van der Waals surface area contributed by atoms with Crippen LogP contribution in [-0.4, -0.2) is 29.1 Å². The number of nitrogens with one attached hydrogen (secondary N) is 1. The number of hydrogen-bond donors (Lipinski definition) is 3. The number of aliphatic carboxylic acids is 1. The van der Waals surface area contributed by atoms with E-state index in [9.17, 15) is 9.59 Å². The summed E-state index contributed by atoms with van der Waals surface area (Å²) < 4.78 is 0. The Balaban J connectivity index is 4.08. The molecule has 0 fully saturated rings. The molecule has 0 heterocycles. The first kappa shape index (κ1) is 12.9. The van der Waals surface area contributed by atoms with Crippen LogP contribution in [0.3, 0.4) is 0 Å². The van der Waals surface area contributed by atoms with Crippen LogP contribution in [0.15, 0.2) is 0 Å². The maximum Gasteiger partial charge on any atom is 0.326 e. The van der Waals surface area contributed by atoms with Gasteiger partial charge < -0.3 is 16.2 Å². The molecule has 0 bridgehead atoms. The largest absolute Gasteiger partial charge is 0.480 e. The van der Waals surface area contributed by atoms with Crippen LogP contribution >= 0.6 is 0 Å². The first-order valence-electron chi connectivity index (χ1n) is 4.81. The molecule has 0 aromatic heterocycles. The highest BCUT2D eigenvalue weighted by atomic mass is 16.4. The van der Waals surface area contributed by atoms with Gasteiger partial charge in [0, 0.05) is 0 Å². The van der Waals surface area contributed by atoms with Gasteiger partial charge in [0.1, 0.15) is 6.04 Å². The van der Waals surface area contributed by atoms with E-state index in [4.69, 9.17) is 10.8 Å². The number of nitrogens with two attached hydrogens (primary N) is 1. The molecular formula is C9H18N2O3. The van der Waals surface area contributed by atoms with Crippen molar-refractivity contribution in [1.29, 1.82) is 0 Å². The summed E-state index contributed by atoms with van der Waals surface area (Å²) in [4.78, 5) is 21.9. The normalized spacial score (nSPS) is 14.5. The topological polar surface area (TPSA) is 92.4 Å². The molecule has 0 unspecified atom stereocenters. The van der Waals surface area contributed by atoms with Crippen LogP contribution in [0.4, 0.5) is 0 Å². The van der Waals surface area contributed by atoms with Crippen LogP contribution < -0.4 is 11.1 Å². The lowest BCUT2D eigenvalue weighted by Crippen LogP contribution is -2.48. The van der Waals surface area contributed by atoms with Crippen LogP contribution in [0.25, 0.3) is 0 Å². The van der Waals surface area contributed by atoms with Crippen molar-refractivity contribution in [3.63, 3.8) is 0 Å².